The van der Waals surface area contributed by atoms with Crippen molar-refractivity contribution in [2.75, 3.05) is 29.9 Å². The Balaban J connectivity index is 1.11. The molecule has 6 fully saturated rings. The van der Waals surface area contributed by atoms with E-state index in [9.17, 15) is 9.59 Å². The molecule has 1 N–H and O–H groups in total. The summed E-state index contributed by atoms with van der Waals surface area (Å²) in [6.07, 6.45) is 11.4. The monoisotopic (exact) mass is 449 g/mol. The van der Waals surface area contributed by atoms with E-state index in [1.807, 2.05) is 17.0 Å². The second-order valence-corrected chi connectivity index (χ2v) is 12.1. The number of carbonyl (C=O) groups is 2. The third-order valence-corrected chi connectivity index (χ3v) is 9.59. The van der Waals surface area contributed by atoms with E-state index in [2.05, 4.69) is 29.3 Å². The van der Waals surface area contributed by atoms with Crippen LogP contribution in [0.4, 0.5) is 11.4 Å². The molecule has 2 amide bonds. The molecule has 33 heavy (non-hydrogen) atoms. The maximum Gasteiger partial charge on any atom is 0.247 e. The van der Waals surface area contributed by atoms with Crippen LogP contribution >= 0.6 is 0 Å². The summed E-state index contributed by atoms with van der Waals surface area (Å²) in [6, 6.07) is 7.97. The van der Waals surface area contributed by atoms with E-state index in [4.69, 9.17) is 0 Å². The number of piperidine rings is 1. The highest BCUT2D eigenvalue weighted by Crippen LogP contribution is 2.60. The summed E-state index contributed by atoms with van der Waals surface area (Å²) in [5.74, 6) is 3.35. The Morgan fingerprint density at radius 3 is 2.09 bits per heavy atom. The van der Waals surface area contributed by atoms with Crippen LogP contribution in [0, 0.1) is 29.1 Å². The van der Waals surface area contributed by atoms with Crippen LogP contribution in [0.5, 0.6) is 0 Å². The van der Waals surface area contributed by atoms with Crippen LogP contribution in [0.2, 0.25) is 0 Å². The Kier molecular flexibility index (Phi) is 5.42. The Bertz CT molecular complexity index is 867. The minimum absolute atomic E-state index is 0.00914. The summed E-state index contributed by atoms with van der Waals surface area (Å²) in [6.45, 7) is 5.29. The van der Waals surface area contributed by atoms with Gasteiger partial charge in [0.1, 0.15) is 6.04 Å². The molecule has 178 valence electrons. The Labute approximate surface area is 198 Å². The summed E-state index contributed by atoms with van der Waals surface area (Å²) in [5.41, 5.74) is 1.91. The topological polar surface area (TPSA) is 52.7 Å². The Morgan fingerprint density at radius 1 is 0.879 bits per heavy atom. The van der Waals surface area contributed by atoms with Crippen LogP contribution < -0.4 is 10.2 Å². The molecule has 1 atom stereocenters. The fourth-order valence-electron chi connectivity index (χ4n) is 8.21. The molecule has 1 aromatic carbocycles. The first kappa shape index (κ1) is 21.5. The van der Waals surface area contributed by atoms with Gasteiger partial charge in [-0.25, -0.2) is 0 Å². The van der Waals surface area contributed by atoms with Crippen molar-refractivity contribution in [1.82, 2.24) is 4.90 Å². The van der Waals surface area contributed by atoms with Crippen molar-refractivity contribution in [3.05, 3.63) is 24.3 Å². The molecular weight excluding hydrogens is 410 g/mol. The highest BCUT2D eigenvalue weighted by Gasteiger charge is 2.56. The van der Waals surface area contributed by atoms with Gasteiger partial charge in [0.2, 0.25) is 11.8 Å². The van der Waals surface area contributed by atoms with Crippen LogP contribution in [0.1, 0.15) is 71.1 Å². The second-order valence-electron chi connectivity index (χ2n) is 12.1. The summed E-state index contributed by atoms with van der Waals surface area (Å²) < 4.78 is 0. The summed E-state index contributed by atoms with van der Waals surface area (Å²) in [7, 11) is 0. The number of nitrogens with zero attached hydrogens (tertiary/aromatic N) is 2. The van der Waals surface area contributed by atoms with E-state index < -0.39 is 0 Å². The lowest BCUT2D eigenvalue weighted by Crippen LogP contribution is -2.56. The zero-order valence-corrected chi connectivity index (χ0v) is 20.1. The van der Waals surface area contributed by atoms with Crippen LogP contribution in [0.15, 0.2) is 24.3 Å². The van der Waals surface area contributed by atoms with Crippen molar-refractivity contribution in [1.29, 1.82) is 0 Å². The van der Waals surface area contributed by atoms with Gasteiger partial charge in [0, 0.05) is 31.0 Å². The molecule has 6 aliphatic rings. The molecule has 1 unspecified atom stereocenters. The Hall–Kier alpha value is -2.04. The number of anilines is 2. The van der Waals surface area contributed by atoms with Gasteiger partial charge in [-0.1, -0.05) is 6.92 Å². The molecule has 5 heteroatoms. The maximum absolute atomic E-state index is 13.8. The first-order valence-electron chi connectivity index (χ1n) is 13.5. The van der Waals surface area contributed by atoms with Gasteiger partial charge in [0.05, 0.1) is 5.41 Å². The number of nitrogens with one attached hydrogen (secondary N) is 1. The largest absolute Gasteiger partial charge is 0.372 e. The van der Waals surface area contributed by atoms with Crippen molar-refractivity contribution >= 4 is 23.2 Å². The average molecular weight is 450 g/mol. The zero-order chi connectivity index (χ0) is 22.6. The quantitative estimate of drug-likeness (QED) is 0.698. The van der Waals surface area contributed by atoms with E-state index in [0.29, 0.717) is 5.91 Å². The van der Waals surface area contributed by atoms with E-state index in [1.165, 1.54) is 37.8 Å². The number of rotatable bonds is 4. The van der Waals surface area contributed by atoms with Crippen LogP contribution in [-0.4, -0.2) is 42.4 Å². The van der Waals surface area contributed by atoms with Gasteiger partial charge in [-0.2, -0.15) is 0 Å². The van der Waals surface area contributed by atoms with Crippen molar-refractivity contribution in [2.24, 2.45) is 29.1 Å². The number of amides is 2. The first-order valence-corrected chi connectivity index (χ1v) is 13.5. The maximum atomic E-state index is 13.8. The lowest BCUT2D eigenvalue weighted by Gasteiger charge is -2.56. The molecule has 4 saturated carbocycles. The smallest absolute Gasteiger partial charge is 0.247 e. The van der Waals surface area contributed by atoms with Crippen molar-refractivity contribution in [3.8, 4) is 0 Å². The highest BCUT2D eigenvalue weighted by atomic mass is 16.2. The zero-order valence-electron chi connectivity index (χ0n) is 20.1. The van der Waals surface area contributed by atoms with Crippen molar-refractivity contribution < 1.29 is 9.59 Å². The predicted octanol–water partition coefficient (Wildman–Crippen LogP) is 5.07. The third kappa shape index (κ3) is 3.95. The number of likely N-dealkylation sites (tertiary alicyclic amines) is 1. The number of benzene rings is 1. The summed E-state index contributed by atoms with van der Waals surface area (Å²) in [5, 5.41) is 3.13. The summed E-state index contributed by atoms with van der Waals surface area (Å²) in [4.78, 5) is 31.5. The molecule has 1 aromatic rings. The van der Waals surface area contributed by atoms with E-state index >= 15 is 0 Å². The lowest BCUT2D eigenvalue weighted by atomic mass is 9.49. The minimum atomic E-state index is -0.311. The first-order chi connectivity index (χ1) is 16.0. The highest BCUT2D eigenvalue weighted by molar-refractivity contribution is 5.98. The molecular formula is C28H39N3O2. The van der Waals surface area contributed by atoms with E-state index in [-0.39, 0.29) is 17.4 Å². The van der Waals surface area contributed by atoms with Crippen molar-refractivity contribution in [2.45, 2.75) is 77.2 Å². The molecule has 2 aliphatic heterocycles. The van der Waals surface area contributed by atoms with Gasteiger partial charge in [-0.05, 0) is 112 Å². The number of hydrogen-bond donors (Lipinski definition) is 1. The van der Waals surface area contributed by atoms with Gasteiger partial charge < -0.3 is 15.1 Å². The standard InChI is InChI=1S/C28H39N3O2/c1-19-8-11-30(12-9-19)24-6-4-23(5-7-24)29-26(32)25-3-2-10-31(25)27(33)28-16-20-13-21(17-28)15-22(14-20)18-28/h4-7,19-22,25H,2-3,8-18H2,1H3,(H,29,32). The van der Waals surface area contributed by atoms with Crippen molar-refractivity contribution in [3.63, 3.8) is 0 Å². The molecule has 2 heterocycles. The van der Waals surface area contributed by atoms with Crippen LogP contribution in [-0.2, 0) is 9.59 Å². The molecule has 0 aromatic heterocycles. The van der Waals surface area contributed by atoms with Crippen LogP contribution in [0.3, 0.4) is 0 Å². The van der Waals surface area contributed by atoms with Gasteiger partial charge in [-0.3, -0.25) is 9.59 Å². The molecule has 5 nitrogen and oxygen atoms in total. The normalized spacial score (nSPS) is 35.8. The third-order valence-electron chi connectivity index (χ3n) is 9.59. The number of hydrogen-bond acceptors (Lipinski definition) is 3. The molecule has 0 spiro atoms. The van der Waals surface area contributed by atoms with Gasteiger partial charge in [0.25, 0.3) is 0 Å². The molecule has 2 saturated heterocycles. The van der Waals surface area contributed by atoms with E-state index in [0.717, 1.165) is 81.1 Å². The Morgan fingerprint density at radius 2 is 1.48 bits per heavy atom. The SMILES string of the molecule is CC1CCN(c2ccc(NC(=O)C3CCCN3C(=O)C34CC5CC(CC(C5)C3)C4)cc2)CC1. The summed E-state index contributed by atoms with van der Waals surface area (Å²) >= 11 is 0. The second kappa shape index (κ2) is 8.32. The molecule has 4 bridgehead atoms. The van der Waals surface area contributed by atoms with Gasteiger partial charge in [0.15, 0.2) is 0 Å². The van der Waals surface area contributed by atoms with Gasteiger partial charge in [-0.15, -0.1) is 0 Å². The van der Waals surface area contributed by atoms with Crippen LogP contribution in [0.25, 0.3) is 0 Å². The average Bonchev–Trinajstić information content (AvgIpc) is 3.29. The fourth-order valence-corrected chi connectivity index (χ4v) is 8.21. The van der Waals surface area contributed by atoms with E-state index in [1.54, 1.807) is 0 Å². The van der Waals surface area contributed by atoms with Gasteiger partial charge >= 0.3 is 0 Å². The lowest BCUT2D eigenvalue weighted by molar-refractivity contribution is -0.160. The minimum Gasteiger partial charge on any atom is -0.372 e. The number of carbonyl (C=O) groups excluding carboxylic acids is 2. The molecule has 0 radical (unpaired) electrons. The fraction of sp³-hybridized carbons (Fsp3) is 0.714. The predicted molar refractivity (Wildman–Crippen MR) is 131 cm³/mol. The molecule has 4 aliphatic carbocycles. The molecule has 7 rings (SSSR count).